The van der Waals surface area contributed by atoms with Crippen LogP contribution in [0.3, 0.4) is 0 Å². The van der Waals surface area contributed by atoms with E-state index in [4.69, 9.17) is 10.8 Å². The standard InChI is InChI=1S/C12H17N3O3/c1-3-15(7-11(16)14-2)8-4-5-9(12(17)18)10(13)6-8/h4-6H,3,7,13H2,1-2H3,(H,14,16)(H,17,18). The van der Waals surface area contributed by atoms with Gasteiger partial charge in [-0.1, -0.05) is 0 Å². The minimum absolute atomic E-state index is 0.0646. The normalized spacial score (nSPS) is 9.89. The van der Waals surface area contributed by atoms with Gasteiger partial charge in [-0.2, -0.15) is 0 Å². The van der Waals surface area contributed by atoms with Gasteiger partial charge in [0.05, 0.1) is 12.1 Å². The minimum Gasteiger partial charge on any atom is -0.478 e. The summed E-state index contributed by atoms with van der Waals surface area (Å²) in [4.78, 5) is 24.0. The first-order chi connectivity index (χ1) is 8.49. The number of rotatable bonds is 5. The van der Waals surface area contributed by atoms with E-state index in [1.807, 2.05) is 6.92 Å². The van der Waals surface area contributed by atoms with Crippen LogP contribution in [0.2, 0.25) is 0 Å². The smallest absolute Gasteiger partial charge is 0.337 e. The monoisotopic (exact) mass is 251 g/mol. The fourth-order valence-electron chi connectivity index (χ4n) is 1.58. The molecule has 6 nitrogen and oxygen atoms in total. The van der Waals surface area contributed by atoms with Crippen molar-refractivity contribution >= 4 is 23.3 Å². The lowest BCUT2D eigenvalue weighted by atomic mass is 10.1. The van der Waals surface area contributed by atoms with Gasteiger partial charge in [0.25, 0.3) is 0 Å². The Kier molecular flexibility index (Phi) is 4.53. The number of benzene rings is 1. The summed E-state index contributed by atoms with van der Waals surface area (Å²) in [6.07, 6.45) is 0. The quantitative estimate of drug-likeness (QED) is 0.664. The summed E-state index contributed by atoms with van der Waals surface area (Å²) >= 11 is 0. The molecule has 1 rings (SSSR count). The van der Waals surface area contributed by atoms with Crippen molar-refractivity contribution in [3.63, 3.8) is 0 Å². The Bertz CT molecular complexity index is 460. The molecule has 0 radical (unpaired) electrons. The molecule has 0 spiro atoms. The highest BCUT2D eigenvalue weighted by Crippen LogP contribution is 2.21. The number of aromatic carboxylic acids is 1. The second kappa shape index (κ2) is 5.90. The van der Waals surface area contributed by atoms with Crippen LogP contribution in [0.4, 0.5) is 11.4 Å². The highest BCUT2D eigenvalue weighted by molar-refractivity contribution is 5.94. The van der Waals surface area contributed by atoms with Crippen molar-refractivity contribution in [2.75, 3.05) is 30.8 Å². The van der Waals surface area contributed by atoms with Crippen molar-refractivity contribution in [3.05, 3.63) is 23.8 Å². The number of nitrogens with one attached hydrogen (secondary N) is 1. The molecular weight excluding hydrogens is 234 g/mol. The van der Waals surface area contributed by atoms with Crippen LogP contribution in [0.1, 0.15) is 17.3 Å². The highest BCUT2D eigenvalue weighted by atomic mass is 16.4. The van der Waals surface area contributed by atoms with Gasteiger partial charge in [-0.05, 0) is 25.1 Å². The zero-order valence-corrected chi connectivity index (χ0v) is 10.4. The molecule has 1 amide bonds. The number of nitrogens with zero attached hydrogens (tertiary/aromatic N) is 1. The molecule has 0 aromatic heterocycles. The Morgan fingerprint density at radius 1 is 1.44 bits per heavy atom. The van der Waals surface area contributed by atoms with Crippen LogP contribution >= 0.6 is 0 Å². The minimum atomic E-state index is -1.06. The summed E-state index contributed by atoms with van der Waals surface area (Å²) in [6, 6.07) is 4.65. The van der Waals surface area contributed by atoms with Gasteiger partial charge in [0.15, 0.2) is 0 Å². The van der Waals surface area contributed by atoms with Crippen LogP contribution < -0.4 is 16.0 Å². The molecule has 18 heavy (non-hydrogen) atoms. The molecule has 98 valence electrons. The summed E-state index contributed by atoms with van der Waals surface area (Å²) in [5.74, 6) is -1.17. The average Bonchev–Trinajstić information content (AvgIpc) is 2.34. The number of hydrogen-bond acceptors (Lipinski definition) is 4. The SMILES string of the molecule is CCN(CC(=O)NC)c1ccc(C(=O)O)c(N)c1. The Morgan fingerprint density at radius 2 is 2.11 bits per heavy atom. The Balaban J connectivity index is 2.97. The van der Waals surface area contributed by atoms with Crippen molar-refractivity contribution < 1.29 is 14.7 Å². The van der Waals surface area contributed by atoms with E-state index >= 15 is 0 Å². The fourth-order valence-corrected chi connectivity index (χ4v) is 1.58. The molecule has 0 aliphatic carbocycles. The number of nitrogen functional groups attached to an aromatic ring is 1. The van der Waals surface area contributed by atoms with Crippen molar-refractivity contribution in [2.24, 2.45) is 0 Å². The van der Waals surface area contributed by atoms with E-state index < -0.39 is 5.97 Å². The van der Waals surface area contributed by atoms with Crippen molar-refractivity contribution in [1.29, 1.82) is 0 Å². The number of carboxylic acids is 1. The second-order valence-corrected chi connectivity index (χ2v) is 3.76. The van der Waals surface area contributed by atoms with Crippen molar-refractivity contribution in [3.8, 4) is 0 Å². The van der Waals surface area contributed by atoms with Gasteiger partial charge in [0.2, 0.25) is 5.91 Å². The number of carbonyl (C=O) groups excluding carboxylic acids is 1. The van der Waals surface area contributed by atoms with Gasteiger partial charge in [-0.3, -0.25) is 4.79 Å². The zero-order valence-electron chi connectivity index (χ0n) is 10.4. The molecule has 0 fully saturated rings. The third-order valence-corrected chi connectivity index (χ3v) is 2.63. The van der Waals surface area contributed by atoms with Gasteiger partial charge >= 0.3 is 5.97 Å². The Morgan fingerprint density at radius 3 is 2.56 bits per heavy atom. The van der Waals surface area contributed by atoms with Gasteiger partial charge in [-0.15, -0.1) is 0 Å². The zero-order chi connectivity index (χ0) is 13.7. The van der Waals surface area contributed by atoms with Crippen LogP contribution in [0.5, 0.6) is 0 Å². The van der Waals surface area contributed by atoms with Crippen molar-refractivity contribution in [2.45, 2.75) is 6.92 Å². The van der Waals surface area contributed by atoms with E-state index in [1.165, 1.54) is 6.07 Å². The van der Waals surface area contributed by atoms with E-state index in [0.29, 0.717) is 6.54 Å². The van der Waals surface area contributed by atoms with Gasteiger partial charge < -0.3 is 21.1 Å². The Hall–Kier alpha value is -2.24. The molecular formula is C12H17N3O3. The predicted molar refractivity (Wildman–Crippen MR) is 69.8 cm³/mol. The maximum atomic E-state index is 11.3. The molecule has 6 heteroatoms. The Labute approximate surface area is 105 Å². The highest BCUT2D eigenvalue weighted by Gasteiger charge is 2.12. The number of anilines is 2. The molecule has 0 saturated carbocycles. The molecule has 0 heterocycles. The average molecular weight is 251 g/mol. The lowest BCUT2D eigenvalue weighted by Gasteiger charge is -2.22. The van der Waals surface area contributed by atoms with E-state index in [-0.39, 0.29) is 23.7 Å². The topological polar surface area (TPSA) is 95.7 Å². The van der Waals surface area contributed by atoms with E-state index in [1.54, 1.807) is 24.1 Å². The molecule has 0 saturated heterocycles. The molecule has 0 bridgehead atoms. The first kappa shape index (κ1) is 13.8. The third kappa shape index (κ3) is 3.13. The number of carboxylic acid groups (broad SMARTS) is 1. The van der Waals surface area contributed by atoms with E-state index in [9.17, 15) is 9.59 Å². The molecule has 1 aromatic carbocycles. The molecule has 0 unspecified atom stereocenters. The number of hydrogen-bond donors (Lipinski definition) is 3. The molecule has 0 aliphatic rings. The number of amides is 1. The van der Waals surface area contributed by atoms with Crippen LogP contribution in [-0.4, -0.2) is 37.1 Å². The summed E-state index contributed by atoms with van der Waals surface area (Å²) in [6.45, 7) is 2.74. The lowest BCUT2D eigenvalue weighted by Crippen LogP contribution is -2.35. The third-order valence-electron chi connectivity index (χ3n) is 2.63. The van der Waals surface area contributed by atoms with Crippen LogP contribution in [0.25, 0.3) is 0 Å². The molecule has 1 aromatic rings. The second-order valence-electron chi connectivity index (χ2n) is 3.76. The maximum Gasteiger partial charge on any atom is 0.337 e. The van der Waals surface area contributed by atoms with Gasteiger partial charge in [0, 0.05) is 25.0 Å². The summed E-state index contributed by atoms with van der Waals surface area (Å²) < 4.78 is 0. The van der Waals surface area contributed by atoms with Crippen LogP contribution in [-0.2, 0) is 4.79 Å². The van der Waals surface area contributed by atoms with E-state index in [2.05, 4.69) is 5.32 Å². The van der Waals surface area contributed by atoms with Gasteiger partial charge in [0.1, 0.15) is 0 Å². The summed E-state index contributed by atoms with van der Waals surface area (Å²) in [5, 5.41) is 11.4. The molecule has 0 aliphatic heterocycles. The number of nitrogens with two attached hydrogens (primary N) is 1. The van der Waals surface area contributed by atoms with Crippen LogP contribution in [0.15, 0.2) is 18.2 Å². The lowest BCUT2D eigenvalue weighted by molar-refractivity contribution is -0.119. The maximum absolute atomic E-state index is 11.3. The largest absolute Gasteiger partial charge is 0.478 e. The fraction of sp³-hybridized carbons (Fsp3) is 0.333. The number of likely N-dealkylation sites (N-methyl/N-ethyl adjacent to an activating group) is 2. The summed E-state index contributed by atoms with van der Waals surface area (Å²) in [7, 11) is 1.57. The first-order valence-corrected chi connectivity index (χ1v) is 5.58. The van der Waals surface area contributed by atoms with Crippen molar-refractivity contribution in [1.82, 2.24) is 5.32 Å². The number of carbonyl (C=O) groups is 2. The van der Waals surface area contributed by atoms with E-state index in [0.717, 1.165) is 5.69 Å². The molecule has 4 N–H and O–H groups in total. The predicted octanol–water partition coefficient (Wildman–Crippen LogP) is 0.539. The summed E-state index contributed by atoms with van der Waals surface area (Å²) in [5.41, 5.74) is 6.65. The van der Waals surface area contributed by atoms with Gasteiger partial charge in [-0.25, -0.2) is 4.79 Å². The van der Waals surface area contributed by atoms with Crippen LogP contribution in [0, 0.1) is 0 Å². The molecule has 0 atom stereocenters. The first-order valence-electron chi connectivity index (χ1n) is 5.58.